The zero-order chi connectivity index (χ0) is 18.9. The summed E-state index contributed by atoms with van der Waals surface area (Å²) in [5.41, 5.74) is 1.91. The van der Waals surface area contributed by atoms with Gasteiger partial charge < -0.3 is 20.1 Å². The van der Waals surface area contributed by atoms with Crippen molar-refractivity contribution in [2.45, 2.75) is 33.6 Å². The molecule has 0 atom stereocenters. The Morgan fingerprint density at radius 1 is 1.15 bits per heavy atom. The maximum absolute atomic E-state index is 12.6. The zero-order valence-corrected chi connectivity index (χ0v) is 15.5. The smallest absolute Gasteiger partial charge is 0.322 e. The minimum absolute atomic E-state index is 0.0571. The number of hydrogen-bond donors (Lipinski definition) is 2. The predicted molar refractivity (Wildman–Crippen MR) is 101 cm³/mol. The minimum atomic E-state index is -0.320. The summed E-state index contributed by atoms with van der Waals surface area (Å²) in [6.45, 7) is 6.67. The standard InChI is InChI=1S/C19H26N4O3/c1-4-15-5-7-16(8-6-15)20-19(25)23(11-9-14(2)3)13-18(24)21-17-10-12-26-22-17/h5-8,10,12,14H,4,9,11,13H2,1-3H3,(H,20,25)(H,21,22,24). The molecule has 1 aromatic carbocycles. The van der Waals surface area contributed by atoms with Crippen molar-refractivity contribution in [2.24, 2.45) is 5.92 Å². The number of carbonyl (C=O) groups is 2. The highest BCUT2D eigenvalue weighted by atomic mass is 16.5. The second kappa shape index (κ2) is 9.60. The van der Waals surface area contributed by atoms with Crippen LogP contribution in [0.1, 0.15) is 32.8 Å². The van der Waals surface area contributed by atoms with E-state index in [4.69, 9.17) is 0 Å². The lowest BCUT2D eigenvalue weighted by molar-refractivity contribution is -0.116. The molecule has 0 radical (unpaired) electrons. The molecule has 0 aliphatic rings. The van der Waals surface area contributed by atoms with Gasteiger partial charge in [0.1, 0.15) is 12.8 Å². The Morgan fingerprint density at radius 3 is 2.46 bits per heavy atom. The van der Waals surface area contributed by atoms with Gasteiger partial charge in [-0.1, -0.05) is 38.1 Å². The molecule has 0 saturated carbocycles. The number of urea groups is 1. The highest BCUT2D eigenvalue weighted by Crippen LogP contribution is 2.12. The fraction of sp³-hybridized carbons (Fsp3) is 0.421. The van der Waals surface area contributed by atoms with E-state index < -0.39 is 0 Å². The predicted octanol–water partition coefficient (Wildman–Crippen LogP) is 3.76. The SMILES string of the molecule is CCc1ccc(NC(=O)N(CCC(C)C)CC(=O)Nc2ccon2)cc1. The van der Waals surface area contributed by atoms with Crippen LogP contribution in [0.2, 0.25) is 0 Å². The van der Waals surface area contributed by atoms with Crippen LogP contribution >= 0.6 is 0 Å². The van der Waals surface area contributed by atoms with Crippen molar-refractivity contribution in [2.75, 3.05) is 23.7 Å². The van der Waals surface area contributed by atoms with Crippen LogP contribution < -0.4 is 10.6 Å². The molecule has 0 aliphatic heterocycles. The number of aryl methyl sites for hydroxylation is 1. The van der Waals surface area contributed by atoms with Gasteiger partial charge in [-0.25, -0.2) is 4.79 Å². The fourth-order valence-electron chi connectivity index (χ4n) is 2.33. The third-order valence-corrected chi connectivity index (χ3v) is 3.92. The summed E-state index contributed by atoms with van der Waals surface area (Å²) in [6.07, 6.45) is 3.12. The number of rotatable bonds is 8. The van der Waals surface area contributed by atoms with Gasteiger partial charge >= 0.3 is 6.03 Å². The zero-order valence-electron chi connectivity index (χ0n) is 15.5. The van der Waals surface area contributed by atoms with Gasteiger partial charge in [0.25, 0.3) is 0 Å². The Bertz CT molecular complexity index is 696. The van der Waals surface area contributed by atoms with E-state index in [9.17, 15) is 9.59 Å². The summed E-state index contributed by atoms with van der Waals surface area (Å²) in [5, 5.41) is 9.10. The first kappa shape index (κ1) is 19.5. The van der Waals surface area contributed by atoms with Gasteiger partial charge in [-0.05, 0) is 36.5 Å². The lowest BCUT2D eigenvalue weighted by atomic mass is 10.1. The lowest BCUT2D eigenvalue weighted by Gasteiger charge is -2.23. The minimum Gasteiger partial charge on any atom is -0.363 e. The molecule has 0 fully saturated rings. The molecule has 0 bridgehead atoms. The van der Waals surface area contributed by atoms with Crippen LogP contribution in [0.5, 0.6) is 0 Å². The largest absolute Gasteiger partial charge is 0.363 e. The topological polar surface area (TPSA) is 87.5 Å². The summed E-state index contributed by atoms with van der Waals surface area (Å²) in [4.78, 5) is 26.3. The van der Waals surface area contributed by atoms with E-state index >= 15 is 0 Å². The second-order valence-electron chi connectivity index (χ2n) is 6.52. The van der Waals surface area contributed by atoms with Crippen molar-refractivity contribution in [1.29, 1.82) is 0 Å². The third-order valence-electron chi connectivity index (χ3n) is 3.92. The molecule has 2 aromatic rings. The molecule has 1 aromatic heterocycles. The fourth-order valence-corrected chi connectivity index (χ4v) is 2.33. The summed E-state index contributed by atoms with van der Waals surface area (Å²) < 4.78 is 4.69. The Balaban J connectivity index is 1.99. The average molecular weight is 358 g/mol. The van der Waals surface area contributed by atoms with E-state index in [0.29, 0.717) is 24.0 Å². The normalized spacial score (nSPS) is 10.6. The number of carbonyl (C=O) groups excluding carboxylic acids is 2. The van der Waals surface area contributed by atoms with E-state index in [-0.39, 0.29) is 18.5 Å². The van der Waals surface area contributed by atoms with E-state index in [1.807, 2.05) is 24.3 Å². The van der Waals surface area contributed by atoms with Crippen molar-refractivity contribution in [3.63, 3.8) is 0 Å². The molecule has 140 valence electrons. The van der Waals surface area contributed by atoms with E-state index in [1.165, 1.54) is 16.7 Å². The van der Waals surface area contributed by atoms with Crippen LogP contribution in [-0.4, -0.2) is 35.1 Å². The highest BCUT2D eigenvalue weighted by Gasteiger charge is 2.18. The average Bonchev–Trinajstić information content (AvgIpc) is 3.11. The molecule has 0 unspecified atom stereocenters. The molecule has 2 N–H and O–H groups in total. The number of nitrogens with one attached hydrogen (secondary N) is 2. The Hall–Kier alpha value is -2.83. The maximum atomic E-state index is 12.6. The molecular formula is C19H26N4O3. The molecule has 7 heteroatoms. The van der Waals surface area contributed by atoms with Gasteiger partial charge in [-0.3, -0.25) is 4.79 Å². The molecule has 0 saturated heterocycles. The van der Waals surface area contributed by atoms with Gasteiger partial charge in [0, 0.05) is 18.3 Å². The van der Waals surface area contributed by atoms with Crippen molar-refractivity contribution >= 4 is 23.4 Å². The summed E-state index contributed by atoms with van der Waals surface area (Å²) in [5.74, 6) is 0.432. The van der Waals surface area contributed by atoms with Crippen molar-refractivity contribution < 1.29 is 14.1 Å². The monoisotopic (exact) mass is 358 g/mol. The van der Waals surface area contributed by atoms with E-state index in [1.54, 1.807) is 6.07 Å². The summed E-state index contributed by atoms with van der Waals surface area (Å²) in [6, 6.07) is 8.94. The molecule has 2 rings (SSSR count). The van der Waals surface area contributed by atoms with Crippen LogP contribution in [0.3, 0.4) is 0 Å². The van der Waals surface area contributed by atoms with Gasteiger partial charge in [0.2, 0.25) is 5.91 Å². The first-order valence-corrected chi connectivity index (χ1v) is 8.83. The first-order chi connectivity index (χ1) is 12.5. The molecule has 0 spiro atoms. The molecule has 3 amide bonds. The number of anilines is 2. The molecular weight excluding hydrogens is 332 g/mol. The molecule has 26 heavy (non-hydrogen) atoms. The third kappa shape index (κ3) is 6.23. The van der Waals surface area contributed by atoms with Crippen molar-refractivity contribution in [3.8, 4) is 0 Å². The summed E-state index contributed by atoms with van der Waals surface area (Å²) >= 11 is 0. The van der Waals surface area contributed by atoms with Crippen LogP contribution in [-0.2, 0) is 11.2 Å². The van der Waals surface area contributed by atoms with Crippen molar-refractivity contribution in [3.05, 3.63) is 42.2 Å². The van der Waals surface area contributed by atoms with Gasteiger partial charge in [0.15, 0.2) is 5.82 Å². The molecule has 0 aliphatic carbocycles. The van der Waals surface area contributed by atoms with E-state index in [2.05, 4.69) is 41.1 Å². The summed E-state index contributed by atoms with van der Waals surface area (Å²) in [7, 11) is 0. The van der Waals surface area contributed by atoms with Gasteiger partial charge in [-0.15, -0.1) is 0 Å². The Morgan fingerprint density at radius 2 is 1.88 bits per heavy atom. The first-order valence-electron chi connectivity index (χ1n) is 8.83. The van der Waals surface area contributed by atoms with Crippen LogP contribution in [0.25, 0.3) is 0 Å². The number of hydrogen-bond acceptors (Lipinski definition) is 4. The number of benzene rings is 1. The number of amides is 3. The van der Waals surface area contributed by atoms with Crippen LogP contribution in [0, 0.1) is 5.92 Å². The lowest BCUT2D eigenvalue weighted by Crippen LogP contribution is -2.41. The second-order valence-corrected chi connectivity index (χ2v) is 6.52. The highest BCUT2D eigenvalue weighted by molar-refractivity contribution is 5.96. The van der Waals surface area contributed by atoms with E-state index in [0.717, 1.165) is 12.8 Å². The van der Waals surface area contributed by atoms with Crippen molar-refractivity contribution in [1.82, 2.24) is 10.1 Å². The van der Waals surface area contributed by atoms with Gasteiger partial charge in [0.05, 0.1) is 0 Å². The Labute approximate surface area is 153 Å². The Kier molecular flexibility index (Phi) is 7.20. The molecule has 1 heterocycles. The quantitative estimate of drug-likeness (QED) is 0.752. The van der Waals surface area contributed by atoms with Crippen LogP contribution in [0.4, 0.5) is 16.3 Å². The van der Waals surface area contributed by atoms with Gasteiger partial charge in [-0.2, -0.15) is 0 Å². The number of nitrogens with zero attached hydrogens (tertiary/aromatic N) is 2. The molecule has 7 nitrogen and oxygen atoms in total. The number of aromatic nitrogens is 1. The maximum Gasteiger partial charge on any atom is 0.322 e. The van der Waals surface area contributed by atoms with Crippen LogP contribution in [0.15, 0.2) is 41.1 Å².